The lowest BCUT2D eigenvalue weighted by molar-refractivity contribution is 0.0210. The average molecular weight is 360 g/mol. The summed E-state index contributed by atoms with van der Waals surface area (Å²) in [4.78, 5) is 24.8. The quantitative estimate of drug-likeness (QED) is 0.861. The molecule has 0 atom stereocenters. The highest BCUT2D eigenvalue weighted by atomic mass is 16.6. The molecular formula is C19H24N2O5. The number of anilines is 1. The van der Waals surface area contributed by atoms with Gasteiger partial charge in [0.1, 0.15) is 11.2 Å². The summed E-state index contributed by atoms with van der Waals surface area (Å²) < 4.78 is 10.7. The number of likely N-dealkylation sites (tertiary alicyclic amines) is 1. The van der Waals surface area contributed by atoms with Gasteiger partial charge in [0.05, 0.1) is 0 Å². The number of amides is 1. The Hall–Kier alpha value is -2.70. The maximum Gasteiger partial charge on any atom is 0.410 e. The number of ether oxygens (including phenoxy) is 1. The smallest absolute Gasteiger partial charge is 0.410 e. The molecule has 1 aromatic carbocycles. The summed E-state index contributed by atoms with van der Waals surface area (Å²) in [7, 11) is 0. The lowest BCUT2D eigenvalue weighted by Gasteiger charge is -2.34. The van der Waals surface area contributed by atoms with Gasteiger partial charge in [-0.2, -0.15) is 0 Å². The Labute approximate surface area is 151 Å². The van der Waals surface area contributed by atoms with Crippen LogP contribution in [0.1, 0.15) is 44.2 Å². The summed E-state index contributed by atoms with van der Waals surface area (Å²) in [5.74, 6) is -1.15. The van der Waals surface area contributed by atoms with Crippen molar-refractivity contribution in [2.45, 2.75) is 45.3 Å². The second kappa shape index (κ2) is 6.90. The summed E-state index contributed by atoms with van der Waals surface area (Å²) in [5, 5.41) is 13.2. The van der Waals surface area contributed by atoms with E-state index >= 15 is 0 Å². The Kier molecular flexibility index (Phi) is 4.80. The third-order valence-corrected chi connectivity index (χ3v) is 4.24. The summed E-state index contributed by atoms with van der Waals surface area (Å²) in [6, 6.07) is 7.29. The first-order valence-corrected chi connectivity index (χ1v) is 8.72. The van der Waals surface area contributed by atoms with Gasteiger partial charge in [0.2, 0.25) is 5.76 Å². The fraction of sp³-hybridized carbons (Fsp3) is 0.474. The Balaban J connectivity index is 1.58. The first kappa shape index (κ1) is 18.1. The number of aromatic carboxylic acids is 1. The lowest BCUT2D eigenvalue weighted by atomic mass is 10.0. The molecule has 2 heterocycles. The van der Waals surface area contributed by atoms with E-state index in [0.29, 0.717) is 18.7 Å². The van der Waals surface area contributed by atoms with Crippen molar-refractivity contribution in [2.24, 2.45) is 0 Å². The fourth-order valence-corrected chi connectivity index (χ4v) is 3.01. The van der Waals surface area contributed by atoms with Gasteiger partial charge in [0.15, 0.2) is 0 Å². The van der Waals surface area contributed by atoms with Crippen LogP contribution in [0.4, 0.5) is 10.5 Å². The number of carbonyl (C=O) groups excluding carboxylic acids is 1. The maximum atomic E-state index is 12.1. The second-order valence-corrected chi connectivity index (χ2v) is 7.55. The third kappa shape index (κ3) is 4.28. The SMILES string of the molecule is CC(C)(C)OC(=O)N1CCC(Nc2ccc3oc(C(=O)O)cc3c2)CC1. The molecule has 26 heavy (non-hydrogen) atoms. The largest absolute Gasteiger partial charge is 0.475 e. The van der Waals surface area contributed by atoms with Gasteiger partial charge < -0.3 is 24.5 Å². The number of piperidine rings is 1. The number of carboxylic acids is 1. The number of hydrogen-bond acceptors (Lipinski definition) is 5. The molecule has 0 bridgehead atoms. The molecule has 0 unspecified atom stereocenters. The van der Waals surface area contributed by atoms with Crippen LogP contribution in [0.25, 0.3) is 11.0 Å². The number of nitrogens with zero attached hydrogens (tertiary/aromatic N) is 1. The van der Waals surface area contributed by atoms with Crippen molar-refractivity contribution in [1.29, 1.82) is 0 Å². The van der Waals surface area contributed by atoms with Crippen molar-refractivity contribution in [3.63, 3.8) is 0 Å². The molecule has 140 valence electrons. The zero-order valence-electron chi connectivity index (χ0n) is 15.2. The lowest BCUT2D eigenvalue weighted by Crippen LogP contribution is -2.44. The summed E-state index contributed by atoms with van der Waals surface area (Å²) in [6.07, 6.45) is 1.38. The first-order valence-electron chi connectivity index (χ1n) is 8.72. The normalized spacial score (nSPS) is 15.9. The highest BCUT2D eigenvalue weighted by Gasteiger charge is 2.26. The molecule has 2 aromatic rings. The topological polar surface area (TPSA) is 92.0 Å². The number of hydrogen-bond donors (Lipinski definition) is 2. The van der Waals surface area contributed by atoms with Crippen LogP contribution >= 0.6 is 0 Å². The van der Waals surface area contributed by atoms with E-state index in [1.54, 1.807) is 11.0 Å². The summed E-state index contributed by atoms with van der Waals surface area (Å²) in [6.45, 7) is 6.87. The van der Waals surface area contributed by atoms with Crippen LogP contribution in [0.5, 0.6) is 0 Å². The zero-order valence-corrected chi connectivity index (χ0v) is 15.2. The number of carboxylic acid groups (broad SMARTS) is 1. The van der Waals surface area contributed by atoms with Crippen molar-refractivity contribution in [2.75, 3.05) is 18.4 Å². The average Bonchev–Trinajstić information content (AvgIpc) is 2.97. The van der Waals surface area contributed by atoms with Crippen LogP contribution < -0.4 is 5.32 Å². The molecule has 1 amide bonds. The number of carbonyl (C=O) groups is 2. The van der Waals surface area contributed by atoms with Crippen LogP contribution in [-0.2, 0) is 4.74 Å². The van der Waals surface area contributed by atoms with Gasteiger partial charge in [-0.25, -0.2) is 9.59 Å². The molecule has 0 saturated carbocycles. The van der Waals surface area contributed by atoms with E-state index in [0.717, 1.165) is 23.9 Å². The first-order chi connectivity index (χ1) is 12.2. The van der Waals surface area contributed by atoms with E-state index in [4.69, 9.17) is 14.3 Å². The van der Waals surface area contributed by atoms with E-state index < -0.39 is 11.6 Å². The van der Waals surface area contributed by atoms with Crippen LogP contribution in [-0.4, -0.2) is 46.8 Å². The molecular weight excluding hydrogens is 336 g/mol. The number of rotatable bonds is 3. The van der Waals surface area contributed by atoms with Gasteiger partial charge in [-0.15, -0.1) is 0 Å². The molecule has 1 saturated heterocycles. The van der Waals surface area contributed by atoms with Crippen molar-refractivity contribution in [3.05, 3.63) is 30.0 Å². The minimum atomic E-state index is -1.08. The number of furan rings is 1. The van der Waals surface area contributed by atoms with E-state index in [1.165, 1.54) is 6.07 Å². The van der Waals surface area contributed by atoms with Crippen LogP contribution in [0.3, 0.4) is 0 Å². The number of benzene rings is 1. The van der Waals surface area contributed by atoms with E-state index in [9.17, 15) is 9.59 Å². The molecule has 1 aliphatic rings. The highest BCUT2D eigenvalue weighted by molar-refractivity contribution is 5.92. The molecule has 1 aromatic heterocycles. The van der Waals surface area contributed by atoms with Gasteiger partial charge in [-0.3, -0.25) is 0 Å². The predicted molar refractivity (Wildman–Crippen MR) is 97.6 cm³/mol. The molecule has 1 aliphatic heterocycles. The molecule has 1 fully saturated rings. The Bertz CT molecular complexity index is 813. The van der Waals surface area contributed by atoms with Crippen LogP contribution in [0.2, 0.25) is 0 Å². The number of fused-ring (bicyclic) bond motifs is 1. The Morgan fingerprint density at radius 3 is 2.54 bits per heavy atom. The van der Waals surface area contributed by atoms with Gasteiger partial charge in [-0.1, -0.05) is 0 Å². The predicted octanol–water partition coefficient (Wildman–Crippen LogP) is 3.94. The molecule has 3 rings (SSSR count). The Morgan fingerprint density at radius 1 is 1.23 bits per heavy atom. The van der Waals surface area contributed by atoms with Crippen molar-refractivity contribution < 1.29 is 23.8 Å². The standard InChI is InChI=1S/C19H24N2O5/c1-19(2,3)26-18(24)21-8-6-13(7-9-21)20-14-4-5-15-12(10-14)11-16(25-15)17(22)23/h4-5,10-11,13,20H,6-9H2,1-3H3,(H,22,23). The summed E-state index contributed by atoms with van der Waals surface area (Å²) >= 11 is 0. The van der Waals surface area contributed by atoms with E-state index in [1.807, 2.05) is 32.9 Å². The molecule has 0 spiro atoms. The van der Waals surface area contributed by atoms with Crippen LogP contribution in [0, 0.1) is 0 Å². The van der Waals surface area contributed by atoms with Gasteiger partial charge in [0, 0.05) is 30.2 Å². The second-order valence-electron chi connectivity index (χ2n) is 7.55. The van der Waals surface area contributed by atoms with Crippen LogP contribution in [0.15, 0.2) is 28.7 Å². The van der Waals surface area contributed by atoms with E-state index in [2.05, 4.69) is 5.32 Å². The van der Waals surface area contributed by atoms with Gasteiger partial charge in [0.25, 0.3) is 0 Å². The minimum Gasteiger partial charge on any atom is -0.475 e. The van der Waals surface area contributed by atoms with Gasteiger partial charge >= 0.3 is 12.1 Å². The van der Waals surface area contributed by atoms with Gasteiger partial charge in [-0.05, 0) is 57.9 Å². The molecule has 0 aliphatic carbocycles. The fourth-order valence-electron chi connectivity index (χ4n) is 3.01. The monoisotopic (exact) mass is 360 g/mol. The maximum absolute atomic E-state index is 12.1. The third-order valence-electron chi connectivity index (χ3n) is 4.24. The molecule has 7 nitrogen and oxygen atoms in total. The highest BCUT2D eigenvalue weighted by Crippen LogP contribution is 2.25. The van der Waals surface area contributed by atoms with Crippen molar-refractivity contribution >= 4 is 28.7 Å². The molecule has 7 heteroatoms. The molecule has 2 N–H and O–H groups in total. The van der Waals surface area contributed by atoms with E-state index in [-0.39, 0.29) is 17.9 Å². The number of nitrogens with one attached hydrogen (secondary N) is 1. The minimum absolute atomic E-state index is 0.0668. The summed E-state index contributed by atoms with van der Waals surface area (Å²) in [5.41, 5.74) is 0.972. The Morgan fingerprint density at radius 2 is 1.92 bits per heavy atom. The van der Waals surface area contributed by atoms with Crippen molar-refractivity contribution in [1.82, 2.24) is 4.90 Å². The van der Waals surface area contributed by atoms with Crippen molar-refractivity contribution in [3.8, 4) is 0 Å². The molecule has 0 radical (unpaired) electrons. The zero-order chi connectivity index (χ0) is 18.9.